The Labute approximate surface area is 272 Å². The third-order valence-electron chi connectivity index (χ3n) is 8.14. The molecule has 2 aliphatic heterocycles. The number of nitrogens with one attached hydrogen (secondary N) is 4. The number of oxime groups is 1. The molecule has 6 amide bonds. The number of urea groups is 1. The van der Waals surface area contributed by atoms with Gasteiger partial charge in [-0.05, 0) is 36.8 Å². The first kappa shape index (κ1) is 34.7. The molecule has 6 N–H and O–H groups in total. The predicted octanol–water partition coefficient (Wildman–Crippen LogP) is 1.14. The van der Waals surface area contributed by atoms with Crippen LogP contribution >= 0.6 is 11.6 Å². The van der Waals surface area contributed by atoms with Crippen LogP contribution in [0.3, 0.4) is 0 Å². The lowest BCUT2D eigenvalue weighted by Gasteiger charge is -2.35. The summed E-state index contributed by atoms with van der Waals surface area (Å²) < 4.78 is 0. The summed E-state index contributed by atoms with van der Waals surface area (Å²) in [6, 6.07) is 2.89. The number of benzene rings is 1. The highest BCUT2D eigenvalue weighted by atomic mass is 35.5. The molecule has 1 aromatic carbocycles. The first-order valence-corrected chi connectivity index (χ1v) is 15.8. The maximum absolute atomic E-state index is 14.3. The second-order valence-electron chi connectivity index (χ2n) is 13.2. The summed E-state index contributed by atoms with van der Waals surface area (Å²) in [6.07, 6.45) is 2.63. The number of likely N-dealkylation sites (tertiary alicyclic amines) is 1. The Morgan fingerprint density at radius 3 is 2.48 bits per heavy atom. The lowest BCUT2D eigenvalue weighted by molar-refractivity contribution is -0.144. The van der Waals surface area contributed by atoms with Crippen LogP contribution in [0, 0.1) is 5.41 Å². The second kappa shape index (κ2) is 14.1. The van der Waals surface area contributed by atoms with Crippen LogP contribution in [0.15, 0.2) is 29.4 Å². The first-order valence-electron chi connectivity index (χ1n) is 15.4. The van der Waals surface area contributed by atoms with Gasteiger partial charge in [-0.2, -0.15) is 0 Å². The van der Waals surface area contributed by atoms with Crippen LogP contribution in [0.4, 0.5) is 4.79 Å². The number of Topliss-reactive ketones (excluding diaryl/α,β-unsaturated/α-hetero) is 1. The molecule has 0 radical (unpaired) electrons. The number of carbonyl (C=O) groups excluding carboxylic acids is 6. The van der Waals surface area contributed by atoms with Crippen LogP contribution in [0.2, 0.25) is 5.02 Å². The highest BCUT2D eigenvalue weighted by Gasteiger charge is 2.55. The van der Waals surface area contributed by atoms with Crippen LogP contribution in [0.1, 0.15) is 71.8 Å². The fourth-order valence-electron chi connectivity index (χ4n) is 5.58. The minimum atomic E-state index is -1.14. The molecule has 15 heteroatoms. The van der Waals surface area contributed by atoms with Crippen LogP contribution in [-0.2, 0) is 28.8 Å². The number of carbonyl (C=O) groups is 6. The van der Waals surface area contributed by atoms with Gasteiger partial charge in [-0.1, -0.05) is 63.0 Å². The fourth-order valence-corrected chi connectivity index (χ4v) is 5.77. The van der Waals surface area contributed by atoms with E-state index in [-0.39, 0.29) is 31.8 Å². The van der Waals surface area contributed by atoms with Gasteiger partial charge < -0.3 is 36.7 Å². The highest BCUT2D eigenvalue weighted by Crippen LogP contribution is 2.40. The van der Waals surface area contributed by atoms with Gasteiger partial charge >= 0.3 is 6.03 Å². The minimum absolute atomic E-state index is 0.0319. The molecule has 1 aliphatic carbocycles. The Balaban J connectivity index is 1.60. The quantitative estimate of drug-likeness (QED) is 0.207. The van der Waals surface area contributed by atoms with E-state index < -0.39 is 71.1 Å². The van der Waals surface area contributed by atoms with E-state index in [9.17, 15) is 28.8 Å². The molecule has 0 aromatic heterocycles. The van der Waals surface area contributed by atoms with E-state index in [1.807, 2.05) is 13.0 Å². The van der Waals surface area contributed by atoms with Crippen molar-refractivity contribution in [1.29, 1.82) is 0 Å². The van der Waals surface area contributed by atoms with Crippen molar-refractivity contribution in [2.24, 2.45) is 16.3 Å². The van der Waals surface area contributed by atoms with Crippen molar-refractivity contribution in [3.63, 3.8) is 0 Å². The lowest BCUT2D eigenvalue weighted by Crippen LogP contribution is -2.60. The average Bonchev–Trinajstić information content (AvgIpc) is 3.58. The first-order chi connectivity index (χ1) is 21.6. The molecule has 0 bridgehead atoms. The van der Waals surface area contributed by atoms with Gasteiger partial charge in [0.1, 0.15) is 12.1 Å². The fraction of sp³-hybridized carbons (Fsp3) is 0.581. The number of ketones is 1. The molecular formula is C31H42ClN7O7. The van der Waals surface area contributed by atoms with E-state index in [1.54, 1.807) is 39.0 Å². The molecule has 2 fully saturated rings. The van der Waals surface area contributed by atoms with Crippen molar-refractivity contribution >= 4 is 52.8 Å². The van der Waals surface area contributed by atoms with Crippen molar-refractivity contribution in [2.75, 3.05) is 13.1 Å². The Kier molecular flexibility index (Phi) is 10.6. The number of hydrogen-bond donors (Lipinski definition) is 5. The number of hydrogen-bond acceptors (Lipinski definition) is 8. The Morgan fingerprint density at radius 1 is 1.15 bits per heavy atom. The molecule has 14 nitrogen and oxygen atoms in total. The topological polar surface area (TPSA) is 201 Å². The van der Waals surface area contributed by atoms with Crippen LogP contribution in [0.25, 0.3) is 0 Å². The van der Waals surface area contributed by atoms with E-state index >= 15 is 0 Å². The number of amides is 6. The number of rotatable bonds is 12. The summed E-state index contributed by atoms with van der Waals surface area (Å²) >= 11 is 6.19. The number of halogens is 1. The summed E-state index contributed by atoms with van der Waals surface area (Å²) in [5.74, 6) is -3.49. The van der Waals surface area contributed by atoms with Gasteiger partial charge in [0.05, 0.1) is 24.8 Å². The standard InChI is InChI=1S/C31H42ClN7O7/c1-5-7-20(24(41)27(43)35-19-10-11-19)36-26(42)22-14-31(13-21(38-46-31)17-8-6-9-18(32)12-17)16-39(22)28(44)25(30(2,3)4)37-29(45)34-15-23(33)40/h6,8-9,12,19-20,22,25H,5,7,10-11,13-16H2,1-4H3,(H2,33,40)(H,35,43)(H,36,42)(H2,34,37,45)/t20-,22-,25+,31?/m0/s1. The molecule has 1 saturated heterocycles. The van der Waals surface area contributed by atoms with Gasteiger partial charge in [-0.15, -0.1) is 0 Å². The Morgan fingerprint density at radius 2 is 1.87 bits per heavy atom. The number of nitrogens with zero attached hydrogens (tertiary/aromatic N) is 2. The largest absolute Gasteiger partial charge is 0.387 e. The van der Waals surface area contributed by atoms with Crippen LogP contribution < -0.4 is 27.0 Å². The molecule has 1 aromatic rings. The molecule has 46 heavy (non-hydrogen) atoms. The summed E-state index contributed by atoms with van der Waals surface area (Å²) in [5, 5.41) is 15.1. The zero-order chi connectivity index (χ0) is 33.8. The van der Waals surface area contributed by atoms with Crippen molar-refractivity contribution in [3.05, 3.63) is 34.9 Å². The van der Waals surface area contributed by atoms with Gasteiger partial charge in [-0.25, -0.2) is 4.79 Å². The monoisotopic (exact) mass is 659 g/mol. The maximum atomic E-state index is 14.3. The predicted molar refractivity (Wildman–Crippen MR) is 169 cm³/mol. The van der Waals surface area contributed by atoms with E-state index in [0.717, 1.165) is 18.4 Å². The van der Waals surface area contributed by atoms with E-state index in [0.29, 0.717) is 17.2 Å². The van der Waals surface area contributed by atoms with Crippen molar-refractivity contribution in [1.82, 2.24) is 26.2 Å². The number of primary amides is 1. The van der Waals surface area contributed by atoms with Gasteiger partial charge in [0.2, 0.25) is 23.5 Å². The van der Waals surface area contributed by atoms with E-state index in [1.165, 1.54) is 4.90 Å². The molecule has 2 heterocycles. The van der Waals surface area contributed by atoms with Crippen molar-refractivity contribution < 1.29 is 33.6 Å². The van der Waals surface area contributed by atoms with E-state index in [2.05, 4.69) is 26.4 Å². The Bertz CT molecular complexity index is 1420. The maximum Gasteiger partial charge on any atom is 0.315 e. The molecule has 4 rings (SSSR count). The van der Waals surface area contributed by atoms with Crippen LogP contribution in [0.5, 0.6) is 0 Å². The van der Waals surface area contributed by atoms with Crippen LogP contribution in [-0.4, -0.2) is 88.9 Å². The molecule has 1 saturated carbocycles. The molecule has 1 unspecified atom stereocenters. The summed E-state index contributed by atoms with van der Waals surface area (Å²) in [7, 11) is 0. The lowest BCUT2D eigenvalue weighted by atomic mass is 9.85. The second-order valence-corrected chi connectivity index (χ2v) is 13.7. The molecule has 3 aliphatic rings. The van der Waals surface area contributed by atoms with Gasteiger partial charge in [0.15, 0.2) is 5.60 Å². The third-order valence-corrected chi connectivity index (χ3v) is 8.38. The molecule has 1 spiro atoms. The molecule has 250 valence electrons. The molecule has 4 atom stereocenters. The zero-order valence-electron chi connectivity index (χ0n) is 26.5. The van der Waals surface area contributed by atoms with Crippen molar-refractivity contribution in [3.8, 4) is 0 Å². The molecular weight excluding hydrogens is 618 g/mol. The van der Waals surface area contributed by atoms with Gasteiger partial charge in [-0.3, -0.25) is 24.0 Å². The normalized spacial score (nSPS) is 21.9. The average molecular weight is 660 g/mol. The van der Waals surface area contributed by atoms with Crippen molar-refractivity contribution in [2.45, 2.75) is 96.0 Å². The number of nitrogens with two attached hydrogens (primary N) is 1. The van der Waals surface area contributed by atoms with E-state index in [4.69, 9.17) is 22.2 Å². The summed E-state index contributed by atoms with van der Waals surface area (Å²) in [4.78, 5) is 85.0. The minimum Gasteiger partial charge on any atom is -0.387 e. The van der Waals surface area contributed by atoms with Gasteiger partial charge in [0.25, 0.3) is 5.91 Å². The smallest absolute Gasteiger partial charge is 0.315 e. The zero-order valence-corrected chi connectivity index (χ0v) is 27.2. The summed E-state index contributed by atoms with van der Waals surface area (Å²) in [6.45, 7) is 6.56. The Hall–Kier alpha value is -4.20. The third kappa shape index (κ3) is 8.53. The van der Waals surface area contributed by atoms with Gasteiger partial charge in [0, 0.05) is 29.5 Å². The highest BCUT2D eigenvalue weighted by molar-refractivity contribution is 6.38. The summed E-state index contributed by atoms with van der Waals surface area (Å²) in [5.41, 5.74) is 4.54. The SMILES string of the molecule is CCC[C@H](NC(=O)[C@@H]1CC2(CC(c3cccc(Cl)c3)=NO2)CN1C(=O)[C@@H](NC(=O)NCC(N)=O)C(C)(C)C)C(=O)C(=O)NC1CC1.